The first-order valence-corrected chi connectivity index (χ1v) is 23.5. The van der Waals surface area contributed by atoms with Crippen LogP contribution in [0.15, 0.2) is 0 Å². The lowest BCUT2D eigenvalue weighted by Gasteiger charge is -2.23. The Morgan fingerprint density at radius 3 is 0.796 bits per heavy atom. The van der Waals surface area contributed by atoms with Gasteiger partial charge in [0.15, 0.2) is 0 Å². The van der Waals surface area contributed by atoms with E-state index in [1.165, 1.54) is 103 Å². The normalized spacial score (nSPS) is 11.1. The van der Waals surface area contributed by atoms with E-state index in [0.29, 0.717) is 13.1 Å². The van der Waals surface area contributed by atoms with Crippen molar-refractivity contribution in [3.05, 3.63) is 0 Å². The number of rotatable bonds is 41. The van der Waals surface area contributed by atoms with E-state index < -0.39 is 0 Å². The van der Waals surface area contributed by atoms with Gasteiger partial charge in [-0.15, -0.1) is 0 Å². The first-order valence-electron chi connectivity index (χ1n) is 23.5. The van der Waals surface area contributed by atoms with Gasteiger partial charge in [0.05, 0.1) is 0 Å². The third kappa shape index (κ3) is 34.4. The van der Waals surface area contributed by atoms with E-state index in [1.807, 2.05) is 9.80 Å². The molecule has 0 radical (unpaired) electrons. The molecule has 0 unspecified atom stereocenters. The van der Waals surface area contributed by atoms with E-state index in [-0.39, 0.29) is 36.5 Å². The first-order chi connectivity index (χ1) is 26.4. The molecule has 0 aliphatic heterocycles. The van der Waals surface area contributed by atoms with Crippen molar-refractivity contribution in [2.45, 2.75) is 233 Å². The Hall–Kier alpha value is -2.12. The van der Waals surface area contributed by atoms with Crippen LogP contribution in [0.2, 0.25) is 0 Å². The molecule has 0 spiro atoms. The molecular formula is C46H90N4O4. The van der Waals surface area contributed by atoms with Gasteiger partial charge in [0, 0.05) is 39.3 Å². The standard InChI is InChI=1S/C46H90N4O4/c1-5-9-13-17-25-31-37-49(38-32-26-18-14-10-6-2)45(53)41-43(51)47-35-29-23-21-22-24-30-36-48-44(52)42-46(54)50(39-33-27-19-15-11-7-3)40-34-28-20-16-12-8-4/h5-42H2,1-4H3,(H,47,51)(H,48,52). The number of hydrogen-bond donors (Lipinski definition) is 2. The first kappa shape index (κ1) is 51.9. The summed E-state index contributed by atoms with van der Waals surface area (Å²) in [4.78, 5) is 55.1. The van der Waals surface area contributed by atoms with Crippen LogP contribution < -0.4 is 10.6 Å². The summed E-state index contributed by atoms with van der Waals surface area (Å²) in [6.07, 6.45) is 34.7. The topological polar surface area (TPSA) is 98.8 Å². The zero-order valence-electron chi connectivity index (χ0n) is 36.4. The fourth-order valence-corrected chi connectivity index (χ4v) is 7.09. The van der Waals surface area contributed by atoms with E-state index >= 15 is 0 Å². The molecule has 0 aliphatic carbocycles. The lowest BCUT2D eigenvalue weighted by atomic mass is 10.1. The summed E-state index contributed by atoms with van der Waals surface area (Å²) < 4.78 is 0. The molecule has 0 rings (SSSR count). The van der Waals surface area contributed by atoms with E-state index in [4.69, 9.17) is 0 Å². The Morgan fingerprint density at radius 2 is 0.537 bits per heavy atom. The van der Waals surface area contributed by atoms with Gasteiger partial charge in [0.1, 0.15) is 12.8 Å². The minimum absolute atomic E-state index is 0.0234. The molecule has 4 amide bonds. The van der Waals surface area contributed by atoms with Crippen molar-refractivity contribution in [2.24, 2.45) is 0 Å². The molecule has 0 saturated heterocycles. The van der Waals surface area contributed by atoms with Gasteiger partial charge in [-0.25, -0.2) is 0 Å². The number of unbranched alkanes of at least 4 members (excludes halogenated alkanes) is 25. The third-order valence-corrected chi connectivity index (χ3v) is 10.7. The van der Waals surface area contributed by atoms with E-state index in [0.717, 1.165) is 116 Å². The highest BCUT2D eigenvalue weighted by molar-refractivity contribution is 5.97. The molecule has 2 N–H and O–H groups in total. The lowest BCUT2D eigenvalue weighted by Crippen LogP contribution is -2.37. The number of nitrogens with one attached hydrogen (secondary N) is 2. The molecule has 0 saturated carbocycles. The van der Waals surface area contributed by atoms with Crippen LogP contribution in [0.5, 0.6) is 0 Å². The molecular weight excluding hydrogens is 673 g/mol. The minimum atomic E-state index is -0.155. The summed E-state index contributed by atoms with van der Waals surface area (Å²) in [6.45, 7) is 13.2. The maximum Gasteiger partial charge on any atom is 0.232 e. The fraction of sp³-hybridized carbons (Fsp3) is 0.913. The lowest BCUT2D eigenvalue weighted by molar-refractivity contribution is -0.137. The summed E-state index contributed by atoms with van der Waals surface area (Å²) in [5.74, 6) is -0.356. The Kier molecular flexibility index (Phi) is 38.9. The molecule has 54 heavy (non-hydrogen) atoms. The maximum absolute atomic E-state index is 13.0. The van der Waals surface area contributed by atoms with Crippen molar-refractivity contribution in [1.29, 1.82) is 0 Å². The Labute approximate surface area is 334 Å². The van der Waals surface area contributed by atoms with Crippen LogP contribution in [0.4, 0.5) is 0 Å². The number of carbonyl (C=O) groups excluding carboxylic acids is 4. The predicted octanol–water partition coefficient (Wildman–Crippen LogP) is 11.4. The number of hydrogen-bond acceptors (Lipinski definition) is 4. The van der Waals surface area contributed by atoms with Crippen molar-refractivity contribution in [1.82, 2.24) is 20.4 Å². The van der Waals surface area contributed by atoms with Gasteiger partial charge in [-0.1, -0.05) is 182 Å². The van der Waals surface area contributed by atoms with Gasteiger partial charge in [-0.05, 0) is 38.5 Å². The predicted molar refractivity (Wildman–Crippen MR) is 230 cm³/mol. The molecule has 0 atom stereocenters. The summed E-state index contributed by atoms with van der Waals surface area (Å²) in [7, 11) is 0. The smallest absolute Gasteiger partial charge is 0.232 e. The van der Waals surface area contributed by atoms with Gasteiger partial charge in [0.25, 0.3) is 0 Å². The van der Waals surface area contributed by atoms with E-state index in [2.05, 4.69) is 38.3 Å². The summed E-state index contributed by atoms with van der Waals surface area (Å²) in [5, 5.41) is 5.95. The van der Waals surface area contributed by atoms with Crippen molar-refractivity contribution >= 4 is 23.6 Å². The van der Waals surface area contributed by atoms with Crippen LogP contribution in [0, 0.1) is 0 Å². The highest BCUT2D eigenvalue weighted by atomic mass is 16.2. The average molecular weight is 763 g/mol. The highest BCUT2D eigenvalue weighted by Gasteiger charge is 2.18. The SMILES string of the molecule is CCCCCCCCN(CCCCCCCC)C(=O)CC(=O)NCCCCCCCCNC(=O)CC(=O)N(CCCCCCCC)CCCCCCCC. The largest absolute Gasteiger partial charge is 0.356 e. The maximum atomic E-state index is 13.0. The van der Waals surface area contributed by atoms with Gasteiger partial charge in [-0.3, -0.25) is 19.2 Å². The van der Waals surface area contributed by atoms with E-state index in [9.17, 15) is 19.2 Å². The van der Waals surface area contributed by atoms with Gasteiger partial charge < -0.3 is 20.4 Å². The fourth-order valence-electron chi connectivity index (χ4n) is 7.09. The van der Waals surface area contributed by atoms with Gasteiger partial charge in [0.2, 0.25) is 23.6 Å². The number of amides is 4. The molecule has 0 bridgehead atoms. The summed E-state index contributed by atoms with van der Waals surface area (Å²) in [5.41, 5.74) is 0. The third-order valence-electron chi connectivity index (χ3n) is 10.7. The summed E-state index contributed by atoms with van der Waals surface area (Å²) >= 11 is 0. The minimum Gasteiger partial charge on any atom is -0.356 e. The average Bonchev–Trinajstić information content (AvgIpc) is 3.15. The van der Waals surface area contributed by atoms with E-state index in [1.54, 1.807) is 0 Å². The van der Waals surface area contributed by atoms with Crippen LogP contribution in [0.25, 0.3) is 0 Å². The monoisotopic (exact) mass is 763 g/mol. The van der Waals surface area contributed by atoms with Crippen molar-refractivity contribution in [2.75, 3.05) is 39.3 Å². The second-order valence-corrected chi connectivity index (χ2v) is 16.0. The Bertz CT molecular complexity index is 781. The van der Waals surface area contributed by atoms with Crippen molar-refractivity contribution in [3.63, 3.8) is 0 Å². The molecule has 0 fully saturated rings. The molecule has 0 aliphatic rings. The van der Waals surface area contributed by atoms with Crippen molar-refractivity contribution < 1.29 is 19.2 Å². The zero-order chi connectivity index (χ0) is 39.7. The second kappa shape index (κ2) is 40.5. The van der Waals surface area contributed by atoms with Gasteiger partial charge in [-0.2, -0.15) is 0 Å². The molecule has 8 heteroatoms. The Balaban J connectivity index is 4.23. The summed E-state index contributed by atoms with van der Waals surface area (Å²) in [6, 6.07) is 0. The highest BCUT2D eigenvalue weighted by Crippen LogP contribution is 2.12. The quantitative estimate of drug-likeness (QED) is 0.0478. The van der Waals surface area contributed by atoms with Crippen LogP contribution >= 0.6 is 0 Å². The van der Waals surface area contributed by atoms with Crippen LogP contribution in [0.1, 0.15) is 233 Å². The van der Waals surface area contributed by atoms with Crippen molar-refractivity contribution in [3.8, 4) is 0 Å². The molecule has 318 valence electrons. The van der Waals surface area contributed by atoms with Crippen LogP contribution in [-0.4, -0.2) is 72.7 Å². The molecule has 8 nitrogen and oxygen atoms in total. The molecule has 0 heterocycles. The van der Waals surface area contributed by atoms with Crippen LogP contribution in [0.3, 0.4) is 0 Å². The number of nitrogens with zero attached hydrogens (tertiary/aromatic N) is 2. The number of carbonyl (C=O) groups is 4. The molecule has 0 aromatic rings. The molecule has 0 aromatic carbocycles. The van der Waals surface area contributed by atoms with Gasteiger partial charge >= 0.3 is 0 Å². The Morgan fingerprint density at radius 1 is 0.315 bits per heavy atom. The second-order valence-electron chi connectivity index (χ2n) is 16.0. The zero-order valence-corrected chi connectivity index (χ0v) is 36.4. The van der Waals surface area contributed by atoms with Crippen LogP contribution in [-0.2, 0) is 19.2 Å². The molecule has 0 aromatic heterocycles.